The Morgan fingerprint density at radius 1 is 0.900 bits per heavy atom. The molecule has 0 heterocycles. The van der Waals surface area contributed by atoms with Crippen LogP contribution in [0.5, 0.6) is 0 Å². The summed E-state index contributed by atoms with van der Waals surface area (Å²) in [5.74, 6) is -0.238. The summed E-state index contributed by atoms with van der Waals surface area (Å²) in [5.41, 5.74) is 1.86. The zero-order chi connectivity index (χ0) is 14.5. The van der Waals surface area contributed by atoms with E-state index in [4.69, 9.17) is 28.3 Å². The highest BCUT2D eigenvalue weighted by Gasteiger charge is 2.23. The van der Waals surface area contributed by atoms with Gasteiger partial charge in [0.2, 0.25) is 0 Å². The lowest BCUT2D eigenvalue weighted by molar-refractivity contribution is 0.118. The fourth-order valence-electron chi connectivity index (χ4n) is 2.30. The molecule has 4 heteroatoms. The molecule has 0 amide bonds. The van der Waals surface area contributed by atoms with Crippen molar-refractivity contribution < 1.29 is 10.2 Å². The van der Waals surface area contributed by atoms with Gasteiger partial charge in [-0.25, -0.2) is 0 Å². The smallest absolute Gasteiger partial charge is 0.0671 e. The SMILES string of the molecule is OCC[C@H](O)[C@@H](c1ccccc1)c1ccc(Cl)c(Cl)c1. The van der Waals surface area contributed by atoms with E-state index < -0.39 is 6.10 Å². The van der Waals surface area contributed by atoms with Crippen LogP contribution in [0.25, 0.3) is 0 Å². The number of hydrogen-bond donors (Lipinski definition) is 2. The number of benzene rings is 2. The fraction of sp³-hybridized carbons (Fsp3) is 0.250. The van der Waals surface area contributed by atoms with E-state index in [2.05, 4.69) is 0 Å². The summed E-state index contributed by atoms with van der Waals surface area (Å²) in [5, 5.41) is 20.4. The Morgan fingerprint density at radius 2 is 1.60 bits per heavy atom. The van der Waals surface area contributed by atoms with E-state index in [0.717, 1.165) is 11.1 Å². The number of aliphatic hydroxyl groups excluding tert-OH is 2. The standard InChI is InChI=1S/C16H16Cl2O2/c17-13-7-6-12(10-14(13)18)16(15(20)8-9-19)11-4-2-1-3-5-11/h1-7,10,15-16,19-20H,8-9H2/t15-,16-/m0/s1. The Hall–Kier alpha value is -1.06. The molecule has 2 nitrogen and oxygen atoms in total. The van der Waals surface area contributed by atoms with Gasteiger partial charge in [0.25, 0.3) is 0 Å². The average molecular weight is 311 g/mol. The second-order valence-electron chi connectivity index (χ2n) is 4.64. The van der Waals surface area contributed by atoms with Crippen LogP contribution in [0.2, 0.25) is 10.0 Å². The first-order valence-electron chi connectivity index (χ1n) is 6.42. The van der Waals surface area contributed by atoms with Gasteiger partial charge in [-0.3, -0.25) is 0 Å². The van der Waals surface area contributed by atoms with Crippen LogP contribution in [0, 0.1) is 0 Å². The van der Waals surface area contributed by atoms with Crippen molar-refractivity contribution >= 4 is 23.2 Å². The molecule has 20 heavy (non-hydrogen) atoms. The second kappa shape index (κ2) is 7.09. The molecule has 0 saturated carbocycles. The first-order valence-corrected chi connectivity index (χ1v) is 7.18. The van der Waals surface area contributed by atoms with Crippen LogP contribution in [0.3, 0.4) is 0 Å². The molecule has 0 aliphatic heterocycles. The Labute approximate surface area is 128 Å². The summed E-state index contributed by atoms with van der Waals surface area (Å²) < 4.78 is 0. The molecule has 2 aromatic carbocycles. The number of halogens is 2. The maximum Gasteiger partial charge on any atom is 0.0671 e. The van der Waals surface area contributed by atoms with Gasteiger partial charge in [0.15, 0.2) is 0 Å². The summed E-state index contributed by atoms with van der Waals surface area (Å²) in [6.45, 7) is -0.0637. The zero-order valence-corrected chi connectivity index (χ0v) is 12.3. The molecule has 0 unspecified atom stereocenters. The minimum atomic E-state index is -0.681. The third kappa shape index (κ3) is 3.53. The number of rotatable bonds is 5. The summed E-state index contributed by atoms with van der Waals surface area (Å²) >= 11 is 12.0. The van der Waals surface area contributed by atoms with Gasteiger partial charge in [-0.05, 0) is 29.7 Å². The van der Waals surface area contributed by atoms with Gasteiger partial charge in [-0.1, -0.05) is 59.6 Å². The van der Waals surface area contributed by atoms with Crippen molar-refractivity contribution in [2.75, 3.05) is 6.61 Å². The molecule has 0 spiro atoms. The van der Waals surface area contributed by atoms with Gasteiger partial charge in [-0.2, -0.15) is 0 Å². The van der Waals surface area contributed by atoms with Gasteiger partial charge in [0.05, 0.1) is 16.1 Å². The quantitative estimate of drug-likeness (QED) is 0.880. The number of hydrogen-bond acceptors (Lipinski definition) is 2. The molecule has 2 atom stereocenters. The molecule has 0 fully saturated rings. The van der Waals surface area contributed by atoms with Crippen molar-refractivity contribution in [3.8, 4) is 0 Å². The average Bonchev–Trinajstić information content (AvgIpc) is 2.44. The largest absolute Gasteiger partial charge is 0.396 e. The van der Waals surface area contributed by atoms with E-state index >= 15 is 0 Å². The highest BCUT2D eigenvalue weighted by atomic mass is 35.5. The summed E-state index contributed by atoms with van der Waals surface area (Å²) in [4.78, 5) is 0. The molecule has 2 rings (SSSR count). The van der Waals surface area contributed by atoms with Crippen LogP contribution in [0.4, 0.5) is 0 Å². The van der Waals surface area contributed by atoms with Gasteiger partial charge in [-0.15, -0.1) is 0 Å². The summed E-state index contributed by atoms with van der Waals surface area (Å²) in [7, 11) is 0. The van der Waals surface area contributed by atoms with Crippen LogP contribution in [-0.2, 0) is 0 Å². The predicted molar refractivity (Wildman–Crippen MR) is 82.5 cm³/mol. The van der Waals surface area contributed by atoms with E-state index in [1.54, 1.807) is 12.1 Å². The molecule has 2 aromatic rings. The number of aliphatic hydroxyl groups is 2. The van der Waals surface area contributed by atoms with Crippen molar-refractivity contribution in [1.29, 1.82) is 0 Å². The minimum absolute atomic E-state index is 0.0637. The monoisotopic (exact) mass is 310 g/mol. The van der Waals surface area contributed by atoms with Crippen molar-refractivity contribution in [2.45, 2.75) is 18.4 Å². The van der Waals surface area contributed by atoms with E-state index in [-0.39, 0.29) is 12.5 Å². The van der Waals surface area contributed by atoms with E-state index in [1.807, 2.05) is 36.4 Å². The molecule has 0 bridgehead atoms. The highest BCUT2D eigenvalue weighted by Crippen LogP contribution is 2.33. The molecule has 2 N–H and O–H groups in total. The highest BCUT2D eigenvalue weighted by molar-refractivity contribution is 6.42. The van der Waals surface area contributed by atoms with E-state index in [1.165, 1.54) is 0 Å². The van der Waals surface area contributed by atoms with Gasteiger partial charge in [0.1, 0.15) is 0 Å². The Kier molecular flexibility index (Phi) is 5.44. The minimum Gasteiger partial charge on any atom is -0.396 e. The van der Waals surface area contributed by atoms with Crippen molar-refractivity contribution in [3.63, 3.8) is 0 Å². The van der Waals surface area contributed by atoms with E-state index in [9.17, 15) is 5.11 Å². The van der Waals surface area contributed by atoms with Gasteiger partial charge >= 0.3 is 0 Å². The third-order valence-electron chi connectivity index (χ3n) is 3.27. The van der Waals surface area contributed by atoms with Crippen molar-refractivity contribution in [1.82, 2.24) is 0 Å². The molecule has 0 saturated heterocycles. The van der Waals surface area contributed by atoms with E-state index in [0.29, 0.717) is 16.5 Å². The lowest BCUT2D eigenvalue weighted by Crippen LogP contribution is -2.21. The fourth-order valence-corrected chi connectivity index (χ4v) is 2.61. The van der Waals surface area contributed by atoms with Crippen LogP contribution in [0.15, 0.2) is 48.5 Å². The van der Waals surface area contributed by atoms with Gasteiger partial charge in [0, 0.05) is 12.5 Å². The van der Waals surface area contributed by atoms with Crippen molar-refractivity contribution in [2.24, 2.45) is 0 Å². The van der Waals surface area contributed by atoms with Crippen LogP contribution < -0.4 is 0 Å². The third-order valence-corrected chi connectivity index (χ3v) is 4.01. The maximum absolute atomic E-state index is 10.3. The lowest BCUT2D eigenvalue weighted by Gasteiger charge is -2.24. The predicted octanol–water partition coefficient (Wildman–Crippen LogP) is 3.87. The van der Waals surface area contributed by atoms with Crippen LogP contribution in [-0.4, -0.2) is 22.9 Å². The first kappa shape index (κ1) is 15.3. The molecule has 106 valence electrons. The normalized spacial score (nSPS) is 14.0. The zero-order valence-electron chi connectivity index (χ0n) is 10.8. The molecular formula is C16H16Cl2O2. The second-order valence-corrected chi connectivity index (χ2v) is 5.46. The van der Waals surface area contributed by atoms with Crippen LogP contribution >= 0.6 is 23.2 Å². The molecule has 0 aliphatic carbocycles. The Morgan fingerprint density at radius 3 is 2.20 bits per heavy atom. The first-order chi connectivity index (χ1) is 9.63. The topological polar surface area (TPSA) is 40.5 Å². The molecule has 0 radical (unpaired) electrons. The van der Waals surface area contributed by atoms with Crippen LogP contribution in [0.1, 0.15) is 23.5 Å². The summed E-state index contributed by atoms with van der Waals surface area (Å²) in [6, 6.07) is 15.0. The Bertz CT molecular complexity index is 558. The Balaban J connectivity index is 2.43. The molecule has 0 aliphatic rings. The maximum atomic E-state index is 10.3. The van der Waals surface area contributed by atoms with Gasteiger partial charge < -0.3 is 10.2 Å². The molecular weight excluding hydrogens is 295 g/mol. The lowest BCUT2D eigenvalue weighted by atomic mass is 9.85. The molecule has 0 aromatic heterocycles. The van der Waals surface area contributed by atoms with Crippen molar-refractivity contribution in [3.05, 3.63) is 69.7 Å². The summed E-state index contributed by atoms with van der Waals surface area (Å²) in [6.07, 6.45) is -0.376.